The fourth-order valence-corrected chi connectivity index (χ4v) is 3.06. The van der Waals surface area contributed by atoms with Crippen molar-refractivity contribution in [3.05, 3.63) is 56.2 Å². The number of esters is 1. The Labute approximate surface area is 171 Å². The fraction of sp³-hybridized carbons (Fsp3) is 0.400. The first-order valence-electron chi connectivity index (χ1n) is 9.40. The second kappa shape index (κ2) is 8.95. The summed E-state index contributed by atoms with van der Waals surface area (Å²) < 4.78 is 17.9. The van der Waals surface area contributed by atoms with Crippen molar-refractivity contribution in [3.63, 3.8) is 0 Å². The number of aromatic nitrogens is 2. The van der Waals surface area contributed by atoms with Gasteiger partial charge in [-0.2, -0.15) is 0 Å². The summed E-state index contributed by atoms with van der Waals surface area (Å²) >= 11 is 0. The molecule has 1 saturated heterocycles. The van der Waals surface area contributed by atoms with Crippen LogP contribution in [-0.4, -0.2) is 46.8 Å². The molecule has 0 bridgehead atoms. The topological polar surface area (TPSA) is 132 Å². The Morgan fingerprint density at radius 3 is 2.50 bits per heavy atom. The predicted molar refractivity (Wildman–Crippen MR) is 107 cm³/mol. The number of hydrogen-bond acceptors (Lipinski definition) is 8. The van der Waals surface area contributed by atoms with E-state index in [2.05, 4.69) is 0 Å². The summed E-state index contributed by atoms with van der Waals surface area (Å²) in [7, 11) is 2.57. The Morgan fingerprint density at radius 1 is 1.17 bits per heavy atom. The Kier molecular flexibility index (Phi) is 6.36. The van der Waals surface area contributed by atoms with Crippen LogP contribution in [0.1, 0.15) is 33.6 Å². The zero-order chi connectivity index (χ0) is 21.8. The van der Waals surface area contributed by atoms with Gasteiger partial charge < -0.3 is 19.9 Å². The molecule has 0 spiro atoms. The summed E-state index contributed by atoms with van der Waals surface area (Å²) in [5.41, 5.74) is 4.04. The number of nitrogens with two attached hydrogens (primary N) is 1. The van der Waals surface area contributed by atoms with E-state index < -0.39 is 35.2 Å². The Hall–Kier alpha value is -3.40. The van der Waals surface area contributed by atoms with Crippen LogP contribution in [0.25, 0.3) is 0 Å². The first-order chi connectivity index (χ1) is 14.3. The molecule has 1 aliphatic rings. The van der Waals surface area contributed by atoms with Crippen LogP contribution in [-0.2, 0) is 23.6 Å². The van der Waals surface area contributed by atoms with Gasteiger partial charge in [-0.05, 0) is 37.1 Å². The molecule has 1 aromatic carbocycles. The van der Waals surface area contributed by atoms with E-state index in [1.54, 1.807) is 12.1 Å². The van der Waals surface area contributed by atoms with Crippen molar-refractivity contribution in [1.82, 2.24) is 9.13 Å². The maximum Gasteiger partial charge on any atom is 0.338 e. The van der Waals surface area contributed by atoms with Crippen LogP contribution in [0.3, 0.4) is 0 Å². The van der Waals surface area contributed by atoms with Crippen molar-refractivity contribution in [2.45, 2.75) is 18.9 Å². The van der Waals surface area contributed by atoms with Crippen molar-refractivity contribution >= 4 is 17.6 Å². The molecule has 2 aromatic rings. The summed E-state index contributed by atoms with van der Waals surface area (Å²) in [4.78, 5) is 48.6. The van der Waals surface area contributed by atoms with Crippen molar-refractivity contribution in [2.75, 3.05) is 25.6 Å². The van der Waals surface area contributed by atoms with E-state index >= 15 is 0 Å². The SMILES string of the molecule is Cn1c(N)c(C(=O)COC(=O)c2ccc(OC[C@H]3CCCO3)cc2)c(=O)n(C)c1=O. The molecule has 2 N–H and O–H groups in total. The molecule has 1 fully saturated rings. The molecule has 0 radical (unpaired) electrons. The predicted octanol–water partition coefficient (Wildman–Crippen LogP) is 0.264. The largest absolute Gasteiger partial charge is 0.491 e. The van der Waals surface area contributed by atoms with Gasteiger partial charge in [-0.15, -0.1) is 0 Å². The molecule has 1 aliphatic heterocycles. The number of anilines is 1. The van der Waals surface area contributed by atoms with E-state index in [0.717, 1.165) is 28.6 Å². The van der Waals surface area contributed by atoms with Gasteiger partial charge in [0.25, 0.3) is 5.56 Å². The minimum absolute atomic E-state index is 0.0817. The monoisotopic (exact) mass is 417 g/mol. The fourth-order valence-electron chi connectivity index (χ4n) is 3.06. The standard InChI is InChI=1S/C20H23N3O7/c1-22-17(21)16(18(25)23(2)20(22)27)15(24)11-30-19(26)12-5-7-13(8-6-12)29-10-14-4-3-9-28-14/h5-8,14H,3-4,9-11,21H2,1-2H3/t14-/m1/s1. The molecule has 160 valence electrons. The number of benzene rings is 1. The lowest BCUT2D eigenvalue weighted by molar-refractivity contribution is 0.0474. The zero-order valence-corrected chi connectivity index (χ0v) is 16.8. The zero-order valence-electron chi connectivity index (χ0n) is 16.8. The highest BCUT2D eigenvalue weighted by Gasteiger charge is 2.22. The summed E-state index contributed by atoms with van der Waals surface area (Å²) in [6.45, 7) is 0.497. The number of Topliss-reactive ketones (excluding diaryl/α,β-unsaturated/α-hetero) is 1. The van der Waals surface area contributed by atoms with Gasteiger partial charge >= 0.3 is 11.7 Å². The van der Waals surface area contributed by atoms with Crippen molar-refractivity contribution in [1.29, 1.82) is 0 Å². The molecule has 0 amide bonds. The average molecular weight is 417 g/mol. The van der Waals surface area contributed by atoms with E-state index in [9.17, 15) is 19.2 Å². The molecule has 10 nitrogen and oxygen atoms in total. The molecule has 0 unspecified atom stereocenters. The van der Waals surface area contributed by atoms with Crippen molar-refractivity contribution < 1.29 is 23.8 Å². The van der Waals surface area contributed by atoms with Crippen LogP contribution < -0.4 is 21.7 Å². The number of hydrogen-bond donors (Lipinski definition) is 1. The smallest absolute Gasteiger partial charge is 0.338 e. The maximum absolute atomic E-state index is 12.4. The quantitative estimate of drug-likeness (QED) is 0.501. The van der Waals surface area contributed by atoms with Crippen molar-refractivity contribution in [2.24, 2.45) is 14.1 Å². The van der Waals surface area contributed by atoms with Crippen LogP contribution in [0, 0.1) is 0 Å². The van der Waals surface area contributed by atoms with E-state index in [1.807, 2.05) is 0 Å². The minimum Gasteiger partial charge on any atom is -0.491 e. The third-order valence-electron chi connectivity index (χ3n) is 4.87. The number of ketones is 1. The van der Waals surface area contributed by atoms with E-state index in [4.69, 9.17) is 19.9 Å². The van der Waals surface area contributed by atoms with Gasteiger partial charge in [-0.3, -0.25) is 18.7 Å². The first-order valence-corrected chi connectivity index (χ1v) is 9.40. The van der Waals surface area contributed by atoms with Gasteiger partial charge in [-0.25, -0.2) is 9.59 Å². The number of rotatable bonds is 7. The van der Waals surface area contributed by atoms with Gasteiger partial charge in [0.1, 0.15) is 23.7 Å². The van der Waals surface area contributed by atoms with E-state index in [1.165, 1.54) is 26.2 Å². The Morgan fingerprint density at radius 2 is 1.87 bits per heavy atom. The van der Waals surface area contributed by atoms with Gasteiger partial charge in [0.05, 0.1) is 11.7 Å². The summed E-state index contributed by atoms with van der Waals surface area (Å²) in [6.07, 6.45) is 2.06. The summed E-state index contributed by atoms with van der Waals surface area (Å²) in [6, 6.07) is 6.26. The number of carbonyl (C=O) groups is 2. The molecule has 0 aliphatic carbocycles. The highest BCUT2D eigenvalue weighted by molar-refractivity contribution is 6.02. The molecule has 10 heteroatoms. The molecular weight excluding hydrogens is 394 g/mol. The number of nitrogens with zero attached hydrogens (tertiary/aromatic N) is 2. The molecule has 3 rings (SSSR count). The lowest BCUT2D eigenvalue weighted by Gasteiger charge is -2.12. The average Bonchev–Trinajstić information content (AvgIpc) is 3.27. The highest BCUT2D eigenvalue weighted by atomic mass is 16.5. The Bertz CT molecular complexity index is 1060. The van der Waals surface area contributed by atoms with Gasteiger partial charge in [0.15, 0.2) is 6.61 Å². The third-order valence-corrected chi connectivity index (χ3v) is 4.87. The van der Waals surface area contributed by atoms with Crippen molar-refractivity contribution in [3.8, 4) is 5.75 Å². The number of ether oxygens (including phenoxy) is 3. The van der Waals surface area contributed by atoms with Crippen LogP contribution >= 0.6 is 0 Å². The summed E-state index contributed by atoms with van der Waals surface area (Å²) in [5, 5.41) is 0. The van der Waals surface area contributed by atoms with Gasteiger partial charge in [-0.1, -0.05) is 0 Å². The second-order valence-electron chi connectivity index (χ2n) is 6.94. The molecular formula is C20H23N3O7. The highest BCUT2D eigenvalue weighted by Crippen LogP contribution is 2.17. The summed E-state index contributed by atoms with van der Waals surface area (Å²) in [5.74, 6) is -1.24. The molecule has 2 heterocycles. The second-order valence-corrected chi connectivity index (χ2v) is 6.94. The van der Waals surface area contributed by atoms with Gasteiger partial charge in [0, 0.05) is 20.7 Å². The Balaban J connectivity index is 1.61. The lowest BCUT2D eigenvalue weighted by atomic mass is 10.2. The molecule has 1 atom stereocenters. The van der Waals surface area contributed by atoms with E-state index in [-0.39, 0.29) is 17.5 Å². The third kappa shape index (κ3) is 4.43. The normalized spacial score (nSPS) is 15.7. The van der Waals surface area contributed by atoms with Gasteiger partial charge in [0.2, 0.25) is 5.78 Å². The van der Waals surface area contributed by atoms with Crippen LogP contribution in [0.5, 0.6) is 5.75 Å². The van der Waals surface area contributed by atoms with Crippen LogP contribution in [0.2, 0.25) is 0 Å². The lowest BCUT2D eigenvalue weighted by Crippen LogP contribution is -2.42. The molecule has 30 heavy (non-hydrogen) atoms. The number of carbonyl (C=O) groups excluding carboxylic acids is 2. The van der Waals surface area contributed by atoms with Crippen LogP contribution in [0.4, 0.5) is 5.82 Å². The van der Waals surface area contributed by atoms with E-state index in [0.29, 0.717) is 12.4 Å². The first kappa shape index (κ1) is 21.3. The molecule has 1 aromatic heterocycles. The van der Waals surface area contributed by atoms with Crippen LogP contribution in [0.15, 0.2) is 33.9 Å². The number of nitrogen functional groups attached to an aromatic ring is 1. The maximum atomic E-state index is 12.4. The minimum atomic E-state index is -0.843. The molecule has 0 saturated carbocycles.